The van der Waals surface area contributed by atoms with E-state index in [9.17, 15) is 0 Å². The van der Waals surface area contributed by atoms with E-state index in [4.69, 9.17) is 9.15 Å². The van der Waals surface area contributed by atoms with Crippen LogP contribution in [0.1, 0.15) is 37.7 Å². The Bertz CT molecular complexity index is 481. The van der Waals surface area contributed by atoms with Gasteiger partial charge < -0.3 is 14.5 Å². The average molecular weight is 287 g/mol. The zero-order valence-corrected chi connectivity index (χ0v) is 12.9. The summed E-state index contributed by atoms with van der Waals surface area (Å²) < 4.78 is 11.5. The van der Waals surface area contributed by atoms with Gasteiger partial charge in [0.05, 0.1) is 12.4 Å². The van der Waals surface area contributed by atoms with Crippen LogP contribution in [-0.4, -0.2) is 19.2 Å². The van der Waals surface area contributed by atoms with Gasteiger partial charge in [-0.3, -0.25) is 0 Å². The van der Waals surface area contributed by atoms with E-state index < -0.39 is 0 Å². The molecule has 114 valence electrons. The number of benzene rings is 1. The Morgan fingerprint density at radius 1 is 1.10 bits per heavy atom. The van der Waals surface area contributed by atoms with Crippen LogP contribution < -0.4 is 5.32 Å². The maximum Gasteiger partial charge on any atom is 0.105 e. The molecule has 1 aromatic carbocycles. The van der Waals surface area contributed by atoms with Gasteiger partial charge in [0.25, 0.3) is 0 Å². The van der Waals surface area contributed by atoms with Gasteiger partial charge in [-0.2, -0.15) is 0 Å². The van der Waals surface area contributed by atoms with Crippen LogP contribution in [0.5, 0.6) is 0 Å². The molecule has 0 amide bonds. The molecular weight excluding hydrogens is 262 g/mol. The molecule has 0 aliphatic heterocycles. The first-order chi connectivity index (χ1) is 10.3. The molecule has 0 bridgehead atoms. The topological polar surface area (TPSA) is 34.4 Å². The van der Waals surface area contributed by atoms with Crippen LogP contribution >= 0.6 is 0 Å². The zero-order chi connectivity index (χ0) is 14.9. The van der Waals surface area contributed by atoms with Crippen LogP contribution in [0.25, 0.3) is 0 Å². The highest BCUT2D eigenvalue weighted by atomic mass is 16.5. The second-order valence-corrected chi connectivity index (χ2v) is 5.13. The normalized spacial score (nSPS) is 14.0. The molecule has 0 radical (unpaired) electrons. The van der Waals surface area contributed by atoms with Crippen molar-refractivity contribution in [2.75, 3.05) is 13.2 Å². The van der Waals surface area contributed by atoms with Crippen LogP contribution in [0, 0.1) is 0 Å². The summed E-state index contributed by atoms with van der Waals surface area (Å²) in [5, 5.41) is 3.61. The monoisotopic (exact) mass is 287 g/mol. The molecule has 0 spiro atoms. The SMILES string of the molecule is CCCNC(Cc1ccco1)C(OCC)c1ccccc1. The highest BCUT2D eigenvalue weighted by Gasteiger charge is 2.24. The van der Waals surface area contributed by atoms with Gasteiger partial charge in [0.2, 0.25) is 0 Å². The number of furan rings is 1. The summed E-state index contributed by atoms with van der Waals surface area (Å²) >= 11 is 0. The molecule has 0 saturated heterocycles. The largest absolute Gasteiger partial charge is 0.469 e. The highest BCUT2D eigenvalue weighted by molar-refractivity contribution is 5.20. The van der Waals surface area contributed by atoms with Crippen LogP contribution in [0.4, 0.5) is 0 Å². The van der Waals surface area contributed by atoms with Crippen molar-refractivity contribution in [1.82, 2.24) is 5.32 Å². The lowest BCUT2D eigenvalue weighted by molar-refractivity contribution is 0.0319. The van der Waals surface area contributed by atoms with Crippen molar-refractivity contribution >= 4 is 0 Å². The van der Waals surface area contributed by atoms with Crippen molar-refractivity contribution in [3.05, 3.63) is 60.1 Å². The van der Waals surface area contributed by atoms with Crippen molar-refractivity contribution in [3.63, 3.8) is 0 Å². The van der Waals surface area contributed by atoms with Gasteiger partial charge in [0.1, 0.15) is 5.76 Å². The summed E-state index contributed by atoms with van der Waals surface area (Å²) in [5.74, 6) is 0.990. The van der Waals surface area contributed by atoms with Crippen molar-refractivity contribution in [2.24, 2.45) is 0 Å². The first kappa shape index (κ1) is 15.8. The predicted molar refractivity (Wildman–Crippen MR) is 85.3 cm³/mol. The minimum absolute atomic E-state index is 0.0350. The fraction of sp³-hybridized carbons (Fsp3) is 0.444. The van der Waals surface area contributed by atoms with Gasteiger partial charge in [-0.25, -0.2) is 0 Å². The second-order valence-electron chi connectivity index (χ2n) is 5.13. The lowest BCUT2D eigenvalue weighted by Gasteiger charge is -2.28. The molecule has 3 nitrogen and oxygen atoms in total. The number of hydrogen-bond donors (Lipinski definition) is 1. The Labute approximate surface area is 127 Å². The number of nitrogens with one attached hydrogen (secondary N) is 1. The minimum Gasteiger partial charge on any atom is -0.469 e. The first-order valence-electron chi connectivity index (χ1n) is 7.77. The quantitative estimate of drug-likeness (QED) is 0.758. The third-order valence-corrected chi connectivity index (χ3v) is 3.50. The molecule has 0 aliphatic carbocycles. The fourth-order valence-corrected chi connectivity index (χ4v) is 2.53. The minimum atomic E-state index is 0.0350. The van der Waals surface area contributed by atoms with Gasteiger partial charge in [-0.05, 0) is 37.6 Å². The van der Waals surface area contributed by atoms with Crippen molar-refractivity contribution < 1.29 is 9.15 Å². The Hall–Kier alpha value is -1.58. The van der Waals surface area contributed by atoms with Crippen molar-refractivity contribution in [3.8, 4) is 0 Å². The molecule has 0 aliphatic rings. The lowest BCUT2D eigenvalue weighted by Crippen LogP contribution is -2.38. The van der Waals surface area contributed by atoms with Gasteiger partial charge in [0.15, 0.2) is 0 Å². The Kier molecular flexibility index (Phi) is 6.51. The summed E-state index contributed by atoms with van der Waals surface area (Å²) in [6.45, 7) is 5.89. The van der Waals surface area contributed by atoms with Gasteiger partial charge in [0, 0.05) is 19.1 Å². The maximum absolute atomic E-state index is 6.03. The van der Waals surface area contributed by atoms with E-state index in [1.54, 1.807) is 6.26 Å². The van der Waals surface area contributed by atoms with E-state index in [0.717, 1.165) is 25.1 Å². The molecule has 0 saturated carbocycles. The van der Waals surface area contributed by atoms with Crippen LogP contribution in [-0.2, 0) is 11.2 Å². The molecule has 1 N–H and O–H groups in total. The van der Waals surface area contributed by atoms with Crippen LogP contribution in [0.2, 0.25) is 0 Å². The molecule has 0 fully saturated rings. The van der Waals surface area contributed by atoms with Crippen LogP contribution in [0.3, 0.4) is 0 Å². The number of ether oxygens (including phenoxy) is 1. The number of hydrogen-bond acceptors (Lipinski definition) is 3. The Morgan fingerprint density at radius 3 is 2.52 bits per heavy atom. The summed E-state index contributed by atoms with van der Waals surface area (Å²) in [7, 11) is 0. The molecule has 21 heavy (non-hydrogen) atoms. The molecule has 1 heterocycles. The summed E-state index contributed by atoms with van der Waals surface area (Å²) in [5.41, 5.74) is 1.21. The van der Waals surface area contributed by atoms with E-state index in [2.05, 4.69) is 36.5 Å². The predicted octanol–water partition coefficient (Wildman–Crippen LogP) is 3.97. The van der Waals surface area contributed by atoms with Gasteiger partial charge in [-0.15, -0.1) is 0 Å². The highest BCUT2D eigenvalue weighted by Crippen LogP contribution is 2.24. The average Bonchev–Trinajstić information content (AvgIpc) is 3.03. The first-order valence-corrected chi connectivity index (χ1v) is 7.77. The van der Waals surface area contributed by atoms with E-state index in [1.165, 1.54) is 5.56 Å². The van der Waals surface area contributed by atoms with E-state index in [1.807, 2.05) is 25.1 Å². The number of rotatable bonds is 9. The summed E-state index contributed by atoms with van der Waals surface area (Å²) in [6.07, 6.45) is 3.69. The van der Waals surface area contributed by atoms with E-state index in [-0.39, 0.29) is 12.1 Å². The second kappa shape index (κ2) is 8.65. The van der Waals surface area contributed by atoms with Gasteiger partial charge in [-0.1, -0.05) is 37.3 Å². The molecule has 2 atom stereocenters. The molecule has 2 aromatic rings. The summed E-state index contributed by atoms with van der Waals surface area (Å²) in [4.78, 5) is 0. The molecule has 2 rings (SSSR count). The van der Waals surface area contributed by atoms with Crippen molar-refractivity contribution in [2.45, 2.75) is 38.8 Å². The third kappa shape index (κ3) is 4.73. The summed E-state index contributed by atoms with van der Waals surface area (Å²) in [6, 6.07) is 14.6. The Morgan fingerprint density at radius 2 is 1.90 bits per heavy atom. The molecular formula is C18H25NO2. The smallest absolute Gasteiger partial charge is 0.105 e. The standard InChI is InChI=1S/C18H25NO2/c1-3-12-19-17(14-16-11-8-13-21-16)18(20-4-2)15-9-6-5-7-10-15/h5-11,13,17-19H,3-4,12,14H2,1-2H3. The van der Waals surface area contributed by atoms with Gasteiger partial charge >= 0.3 is 0 Å². The zero-order valence-electron chi connectivity index (χ0n) is 12.9. The van der Waals surface area contributed by atoms with E-state index in [0.29, 0.717) is 6.61 Å². The Balaban J connectivity index is 2.17. The lowest BCUT2D eigenvalue weighted by atomic mass is 9.98. The van der Waals surface area contributed by atoms with Crippen molar-refractivity contribution in [1.29, 1.82) is 0 Å². The molecule has 3 heteroatoms. The van der Waals surface area contributed by atoms with E-state index >= 15 is 0 Å². The molecule has 1 aromatic heterocycles. The maximum atomic E-state index is 6.03. The third-order valence-electron chi connectivity index (χ3n) is 3.50. The van der Waals surface area contributed by atoms with Crippen LogP contribution in [0.15, 0.2) is 53.1 Å². The fourth-order valence-electron chi connectivity index (χ4n) is 2.53. The molecule has 2 unspecified atom stereocenters.